The van der Waals surface area contributed by atoms with E-state index in [9.17, 15) is 4.79 Å². The summed E-state index contributed by atoms with van der Waals surface area (Å²) in [7, 11) is 1.67. The summed E-state index contributed by atoms with van der Waals surface area (Å²) in [6, 6.07) is 5.81. The first-order chi connectivity index (χ1) is 12.1. The minimum absolute atomic E-state index is 0.00966. The lowest BCUT2D eigenvalue weighted by Crippen LogP contribution is -2.12. The van der Waals surface area contributed by atoms with Gasteiger partial charge in [-0.25, -0.2) is 0 Å². The molecule has 0 saturated carbocycles. The number of carbonyl (C=O) groups is 1. The maximum atomic E-state index is 12.9. The summed E-state index contributed by atoms with van der Waals surface area (Å²) < 4.78 is 5.31. The average Bonchev–Trinajstić information content (AvgIpc) is 2.96. The van der Waals surface area contributed by atoms with Crippen LogP contribution in [0.3, 0.4) is 0 Å². The summed E-state index contributed by atoms with van der Waals surface area (Å²) in [6.07, 6.45) is 11.1. The number of fused-ring (bicyclic) bond motifs is 1. The number of hydrogen-bond acceptors (Lipinski definition) is 2. The van der Waals surface area contributed by atoms with Crippen molar-refractivity contribution in [2.75, 3.05) is 7.11 Å². The molecule has 1 aromatic carbocycles. The van der Waals surface area contributed by atoms with Gasteiger partial charge in [0.2, 0.25) is 0 Å². The Morgan fingerprint density at radius 3 is 2.40 bits per heavy atom. The molecule has 0 radical (unpaired) electrons. The van der Waals surface area contributed by atoms with Crippen molar-refractivity contribution in [1.82, 2.24) is 0 Å². The van der Waals surface area contributed by atoms with Crippen LogP contribution in [0.4, 0.5) is 0 Å². The van der Waals surface area contributed by atoms with Crippen LogP contribution in [0.5, 0.6) is 5.75 Å². The highest BCUT2D eigenvalue weighted by Crippen LogP contribution is 2.36. The van der Waals surface area contributed by atoms with E-state index < -0.39 is 0 Å². The standard InChI is InChI=1S/C23H30O2/c1-5-7-9-11-18(12-10-8-6-2)17(3)22-16-19-15-20(25-4)13-14-21(19)23(22)24/h5-6,13-15,22H,1-2,7-12,16H2,3-4H3. The van der Waals surface area contributed by atoms with Crippen LogP contribution in [-0.4, -0.2) is 12.9 Å². The van der Waals surface area contributed by atoms with Crippen molar-refractivity contribution in [3.05, 3.63) is 65.8 Å². The quantitative estimate of drug-likeness (QED) is 0.382. The van der Waals surface area contributed by atoms with Gasteiger partial charge in [0, 0.05) is 11.5 Å². The zero-order valence-electron chi connectivity index (χ0n) is 15.6. The summed E-state index contributed by atoms with van der Waals surface area (Å²) in [5.74, 6) is 1.08. The lowest BCUT2D eigenvalue weighted by Gasteiger charge is -2.16. The number of methoxy groups -OCH3 is 1. The molecule has 1 aliphatic carbocycles. The van der Waals surface area contributed by atoms with E-state index in [1.807, 2.05) is 30.4 Å². The first-order valence-electron chi connectivity index (χ1n) is 9.23. The van der Waals surface area contributed by atoms with Crippen molar-refractivity contribution >= 4 is 5.78 Å². The zero-order valence-corrected chi connectivity index (χ0v) is 15.6. The van der Waals surface area contributed by atoms with E-state index in [0.717, 1.165) is 61.8 Å². The maximum Gasteiger partial charge on any atom is 0.170 e. The predicted molar refractivity (Wildman–Crippen MR) is 105 cm³/mol. The molecule has 0 bridgehead atoms. The molecule has 2 rings (SSSR count). The highest BCUT2D eigenvalue weighted by molar-refractivity contribution is 6.04. The second-order valence-electron chi connectivity index (χ2n) is 6.79. The second-order valence-corrected chi connectivity index (χ2v) is 6.79. The second kappa shape index (κ2) is 9.41. The molecule has 1 atom stereocenters. The molecule has 134 valence electrons. The molecule has 1 unspecified atom stereocenters. The fraction of sp³-hybridized carbons (Fsp3) is 0.435. The van der Waals surface area contributed by atoms with Crippen molar-refractivity contribution in [2.45, 2.75) is 51.9 Å². The van der Waals surface area contributed by atoms with Gasteiger partial charge in [0.15, 0.2) is 5.78 Å². The molecule has 0 heterocycles. The van der Waals surface area contributed by atoms with Crippen LogP contribution in [-0.2, 0) is 6.42 Å². The van der Waals surface area contributed by atoms with E-state index >= 15 is 0 Å². The summed E-state index contributed by atoms with van der Waals surface area (Å²) >= 11 is 0. The topological polar surface area (TPSA) is 26.3 Å². The van der Waals surface area contributed by atoms with E-state index in [1.54, 1.807) is 7.11 Å². The Morgan fingerprint density at radius 2 is 1.84 bits per heavy atom. The largest absolute Gasteiger partial charge is 0.497 e. The van der Waals surface area contributed by atoms with Gasteiger partial charge in [-0.15, -0.1) is 13.2 Å². The van der Waals surface area contributed by atoms with Crippen LogP contribution in [0.15, 0.2) is 54.7 Å². The Labute approximate surface area is 152 Å². The van der Waals surface area contributed by atoms with Gasteiger partial charge in [-0.3, -0.25) is 4.79 Å². The fourth-order valence-corrected chi connectivity index (χ4v) is 3.64. The molecule has 2 nitrogen and oxygen atoms in total. The molecular formula is C23H30O2. The number of Topliss-reactive ketones (excluding diaryl/α,β-unsaturated/α-hetero) is 1. The molecule has 0 spiro atoms. The zero-order chi connectivity index (χ0) is 18.2. The van der Waals surface area contributed by atoms with Crippen LogP contribution in [0, 0.1) is 5.92 Å². The van der Waals surface area contributed by atoms with Gasteiger partial charge < -0.3 is 4.74 Å². The van der Waals surface area contributed by atoms with Crippen molar-refractivity contribution in [3.8, 4) is 5.75 Å². The van der Waals surface area contributed by atoms with Crippen molar-refractivity contribution in [1.29, 1.82) is 0 Å². The number of allylic oxidation sites excluding steroid dienone is 4. The lowest BCUT2D eigenvalue weighted by molar-refractivity contribution is 0.0954. The third-order valence-corrected chi connectivity index (χ3v) is 5.17. The van der Waals surface area contributed by atoms with Crippen molar-refractivity contribution in [2.24, 2.45) is 5.92 Å². The van der Waals surface area contributed by atoms with E-state index in [1.165, 1.54) is 11.1 Å². The molecule has 0 aromatic heterocycles. The molecule has 0 aliphatic heterocycles. The van der Waals surface area contributed by atoms with Crippen molar-refractivity contribution < 1.29 is 9.53 Å². The van der Waals surface area contributed by atoms with Gasteiger partial charge in [0.25, 0.3) is 0 Å². The van der Waals surface area contributed by atoms with Gasteiger partial charge in [-0.1, -0.05) is 23.3 Å². The number of ketones is 1. The van der Waals surface area contributed by atoms with Gasteiger partial charge >= 0.3 is 0 Å². The summed E-state index contributed by atoms with van der Waals surface area (Å²) in [5.41, 5.74) is 4.70. The third-order valence-electron chi connectivity index (χ3n) is 5.17. The molecular weight excluding hydrogens is 308 g/mol. The highest BCUT2D eigenvalue weighted by Gasteiger charge is 2.32. The Hall–Kier alpha value is -2.09. The van der Waals surface area contributed by atoms with E-state index in [-0.39, 0.29) is 11.7 Å². The van der Waals surface area contributed by atoms with E-state index in [2.05, 4.69) is 20.1 Å². The normalized spacial score (nSPS) is 15.6. The summed E-state index contributed by atoms with van der Waals surface area (Å²) in [6.45, 7) is 9.79. The molecule has 1 aromatic rings. The monoisotopic (exact) mass is 338 g/mol. The molecule has 0 saturated heterocycles. The molecule has 1 aliphatic rings. The number of hydrogen-bond donors (Lipinski definition) is 0. The van der Waals surface area contributed by atoms with Gasteiger partial charge in [-0.05, 0) is 75.6 Å². The first-order valence-corrected chi connectivity index (χ1v) is 9.23. The molecule has 0 fully saturated rings. The van der Waals surface area contributed by atoms with Crippen LogP contribution in [0.1, 0.15) is 61.4 Å². The lowest BCUT2D eigenvalue weighted by atomic mass is 9.87. The number of benzene rings is 1. The van der Waals surface area contributed by atoms with Crippen LogP contribution in [0.25, 0.3) is 0 Å². The average molecular weight is 338 g/mol. The minimum atomic E-state index is -0.00966. The Bertz CT molecular complexity index is 651. The smallest absolute Gasteiger partial charge is 0.170 e. The maximum absolute atomic E-state index is 12.9. The SMILES string of the molecule is C=CCCCC(CCCC=C)=C(C)C1Cc2cc(OC)ccc2C1=O. The predicted octanol–water partition coefficient (Wildman–Crippen LogP) is 6.08. The number of unbranched alkanes of at least 4 members (excludes halogenated alkanes) is 2. The number of carbonyl (C=O) groups excluding carboxylic acids is 1. The van der Waals surface area contributed by atoms with Gasteiger partial charge in [0.1, 0.15) is 5.75 Å². The van der Waals surface area contributed by atoms with Gasteiger partial charge in [0.05, 0.1) is 7.11 Å². The number of ether oxygens (including phenoxy) is 1. The van der Waals surface area contributed by atoms with Gasteiger partial charge in [-0.2, -0.15) is 0 Å². The Kier molecular flexibility index (Phi) is 7.24. The fourth-order valence-electron chi connectivity index (χ4n) is 3.64. The van der Waals surface area contributed by atoms with E-state index in [0.29, 0.717) is 0 Å². The molecule has 25 heavy (non-hydrogen) atoms. The summed E-state index contributed by atoms with van der Waals surface area (Å²) in [5, 5.41) is 0. The first kappa shape index (κ1) is 19.2. The number of rotatable bonds is 10. The molecule has 0 amide bonds. The van der Waals surface area contributed by atoms with Crippen LogP contribution < -0.4 is 4.74 Å². The van der Waals surface area contributed by atoms with E-state index in [4.69, 9.17) is 4.74 Å². The Morgan fingerprint density at radius 1 is 1.20 bits per heavy atom. The van der Waals surface area contributed by atoms with Crippen molar-refractivity contribution in [3.63, 3.8) is 0 Å². The highest BCUT2D eigenvalue weighted by atomic mass is 16.5. The Balaban J connectivity index is 2.21. The van der Waals surface area contributed by atoms with Crippen LogP contribution in [0.2, 0.25) is 0 Å². The third kappa shape index (κ3) is 4.72. The summed E-state index contributed by atoms with van der Waals surface area (Å²) in [4.78, 5) is 12.9. The van der Waals surface area contributed by atoms with Crippen LogP contribution >= 0.6 is 0 Å². The minimum Gasteiger partial charge on any atom is -0.497 e. The molecule has 2 heteroatoms. The molecule has 0 N–H and O–H groups in total.